The Labute approximate surface area is 102 Å². The lowest BCUT2D eigenvalue weighted by Gasteiger charge is -2.17. The second kappa shape index (κ2) is 4.14. The third-order valence-electron chi connectivity index (χ3n) is 2.47. The Hall–Kier alpha value is -0.540. The molecule has 1 atom stereocenters. The second-order valence-electron chi connectivity index (χ2n) is 3.76. The molecule has 1 aliphatic rings. The van der Waals surface area contributed by atoms with Gasteiger partial charge in [0.2, 0.25) is 5.91 Å². The zero-order chi connectivity index (χ0) is 11.0. The molecule has 80 valence electrons. The summed E-state index contributed by atoms with van der Waals surface area (Å²) in [7, 11) is 0. The number of aryl methyl sites for hydroxylation is 1. The second-order valence-corrected chi connectivity index (χ2v) is 5.46. The molecular formula is C11H11BrClNO. The smallest absolute Gasteiger partial charge is 0.228 e. The van der Waals surface area contributed by atoms with Gasteiger partial charge in [-0.2, -0.15) is 0 Å². The monoisotopic (exact) mass is 287 g/mol. The summed E-state index contributed by atoms with van der Waals surface area (Å²) >= 11 is 9.53. The fraction of sp³-hybridized carbons (Fsp3) is 0.364. The van der Waals surface area contributed by atoms with E-state index in [9.17, 15) is 4.79 Å². The number of rotatable bonds is 1. The minimum absolute atomic E-state index is 0.129. The topological polar surface area (TPSA) is 20.3 Å². The fourth-order valence-corrected chi connectivity index (χ4v) is 2.51. The van der Waals surface area contributed by atoms with E-state index in [0.29, 0.717) is 18.0 Å². The molecule has 15 heavy (non-hydrogen) atoms. The molecule has 1 aromatic rings. The number of benzene rings is 1. The van der Waals surface area contributed by atoms with Gasteiger partial charge < -0.3 is 4.90 Å². The fourth-order valence-electron chi connectivity index (χ4n) is 1.73. The van der Waals surface area contributed by atoms with E-state index < -0.39 is 0 Å². The highest BCUT2D eigenvalue weighted by molar-refractivity contribution is 9.09. The van der Waals surface area contributed by atoms with Gasteiger partial charge in [-0.15, -0.1) is 0 Å². The normalized spacial score (nSPS) is 21.1. The summed E-state index contributed by atoms with van der Waals surface area (Å²) in [5, 5.41) is 0.635. The van der Waals surface area contributed by atoms with Crippen molar-refractivity contribution in [2.24, 2.45) is 0 Å². The van der Waals surface area contributed by atoms with Crippen LogP contribution in [0.15, 0.2) is 18.2 Å². The molecule has 0 aromatic heterocycles. The van der Waals surface area contributed by atoms with Crippen LogP contribution in [0.4, 0.5) is 5.69 Å². The number of anilines is 1. The van der Waals surface area contributed by atoms with Crippen LogP contribution in [0.5, 0.6) is 0 Å². The number of halogens is 2. The molecule has 2 rings (SSSR count). The van der Waals surface area contributed by atoms with Gasteiger partial charge in [-0.05, 0) is 24.6 Å². The van der Waals surface area contributed by atoms with Gasteiger partial charge in [0.15, 0.2) is 0 Å². The van der Waals surface area contributed by atoms with Gasteiger partial charge in [0.1, 0.15) is 0 Å². The largest absolute Gasteiger partial charge is 0.310 e. The lowest BCUT2D eigenvalue weighted by molar-refractivity contribution is -0.117. The molecular weight excluding hydrogens is 277 g/mol. The SMILES string of the molecule is Cc1ccc(Cl)c(N2CC(Br)CC2=O)c1. The van der Waals surface area contributed by atoms with Crippen molar-refractivity contribution in [2.45, 2.75) is 18.2 Å². The third kappa shape index (κ3) is 2.18. The lowest BCUT2D eigenvalue weighted by atomic mass is 10.2. The van der Waals surface area contributed by atoms with Gasteiger partial charge in [0, 0.05) is 17.8 Å². The minimum Gasteiger partial charge on any atom is -0.310 e. The average molecular weight is 289 g/mol. The first-order valence-corrected chi connectivity index (χ1v) is 6.08. The van der Waals surface area contributed by atoms with E-state index in [2.05, 4.69) is 15.9 Å². The number of amides is 1. The van der Waals surface area contributed by atoms with Gasteiger partial charge in [-0.3, -0.25) is 4.79 Å². The van der Waals surface area contributed by atoms with Crippen molar-refractivity contribution in [3.63, 3.8) is 0 Å². The Balaban J connectivity index is 2.37. The Bertz CT molecular complexity index is 408. The van der Waals surface area contributed by atoms with Crippen molar-refractivity contribution in [3.05, 3.63) is 28.8 Å². The summed E-state index contributed by atoms with van der Waals surface area (Å²) in [5.74, 6) is 0.129. The van der Waals surface area contributed by atoms with Crippen LogP contribution in [-0.4, -0.2) is 17.3 Å². The number of carbonyl (C=O) groups excluding carboxylic acids is 1. The summed E-state index contributed by atoms with van der Waals surface area (Å²) in [6, 6.07) is 5.73. The number of hydrogen-bond acceptors (Lipinski definition) is 1. The zero-order valence-electron chi connectivity index (χ0n) is 8.34. The molecule has 2 nitrogen and oxygen atoms in total. The summed E-state index contributed by atoms with van der Waals surface area (Å²) in [5.41, 5.74) is 1.93. The highest BCUT2D eigenvalue weighted by Crippen LogP contribution is 2.31. The zero-order valence-corrected chi connectivity index (χ0v) is 10.7. The molecule has 1 heterocycles. The minimum atomic E-state index is 0.129. The molecule has 1 unspecified atom stereocenters. The van der Waals surface area contributed by atoms with Crippen LogP contribution in [0.2, 0.25) is 5.02 Å². The Morgan fingerprint density at radius 1 is 1.53 bits per heavy atom. The quantitative estimate of drug-likeness (QED) is 0.727. The number of hydrogen-bond donors (Lipinski definition) is 0. The standard InChI is InChI=1S/C11H11BrClNO/c1-7-2-3-9(13)10(4-7)14-6-8(12)5-11(14)15/h2-4,8H,5-6H2,1H3. The molecule has 0 saturated carbocycles. The van der Waals surface area contributed by atoms with Crippen LogP contribution in [0.1, 0.15) is 12.0 Å². The van der Waals surface area contributed by atoms with Crippen molar-refractivity contribution >= 4 is 39.1 Å². The average Bonchev–Trinajstić information content (AvgIpc) is 2.50. The molecule has 1 aliphatic heterocycles. The van der Waals surface area contributed by atoms with Gasteiger partial charge in [0.25, 0.3) is 0 Å². The lowest BCUT2D eigenvalue weighted by Crippen LogP contribution is -2.24. The summed E-state index contributed by atoms with van der Waals surface area (Å²) < 4.78 is 0. The highest BCUT2D eigenvalue weighted by atomic mass is 79.9. The van der Waals surface area contributed by atoms with Crippen LogP contribution in [0.25, 0.3) is 0 Å². The van der Waals surface area contributed by atoms with E-state index in [4.69, 9.17) is 11.6 Å². The summed E-state index contributed by atoms with van der Waals surface area (Å²) in [4.78, 5) is 13.7. The molecule has 1 saturated heterocycles. The van der Waals surface area contributed by atoms with E-state index >= 15 is 0 Å². The molecule has 0 N–H and O–H groups in total. The van der Waals surface area contributed by atoms with Crippen molar-refractivity contribution in [1.82, 2.24) is 0 Å². The molecule has 1 amide bonds. The van der Waals surface area contributed by atoms with E-state index in [1.165, 1.54) is 0 Å². The van der Waals surface area contributed by atoms with E-state index in [1.807, 2.05) is 25.1 Å². The molecule has 0 radical (unpaired) electrons. The van der Waals surface area contributed by atoms with Gasteiger partial charge in [-0.1, -0.05) is 33.6 Å². The highest BCUT2D eigenvalue weighted by Gasteiger charge is 2.29. The third-order valence-corrected chi connectivity index (χ3v) is 3.40. The van der Waals surface area contributed by atoms with Crippen molar-refractivity contribution in [1.29, 1.82) is 0 Å². The first kappa shape index (κ1) is 11.0. The van der Waals surface area contributed by atoms with Gasteiger partial charge in [-0.25, -0.2) is 0 Å². The number of nitrogens with zero attached hydrogens (tertiary/aromatic N) is 1. The van der Waals surface area contributed by atoms with Crippen LogP contribution < -0.4 is 4.90 Å². The van der Waals surface area contributed by atoms with Crippen LogP contribution >= 0.6 is 27.5 Å². The van der Waals surface area contributed by atoms with Crippen molar-refractivity contribution in [2.75, 3.05) is 11.4 Å². The van der Waals surface area contributed by atoms with Crippen LogP contribution in [-0.2, 0) is 4.79 Å². The number of alkyl halides is 1. The maximum Gasteiger partial charge on any atom is 0.228 e. The molecule has 4 heteroatoms. The first-order valence-electron chi connectivity index (χ1n) is 4.78. The molecule has 1 fully saturated rings. The Morgan fingerprint density at radius 2 is 2.27 bits per heavy atom. The molecule has 0 bridgehead atoms. The molecule has 0 aliphatic carbocycles. The van der Waals surface area contributed by atoms with E-state index in [-0.39, 0.29) is 10.7 Å². The van der Waals surface area contributed by atoms with E-state index in [0.717, 1.165) is 11.3 Å². The van der Waals surface area contributed by atoms with Crippen LogP contribution in [0, 0.1) is 6.92 Å². The van der Waals surface area contributed by atoms with Gasteiger partial charge >= 0.3 is 0 Å². The maximum absolute atomic E-state index is 11.7. The van der Waals surface area contributed by atoms with Crippen molar-refractivity contribution in [3.8, 4) is 0 Å². The summed E-state index contributed by atoms with van der Waals surface area (Å²) in [6.45, 7) is 2.69. The first-order chi connectivity index (χ1) is 7.08. The maximum atomic E-state index is 11.7. The summed E-state index contributed by atoms with van der Waals surface area (Å²) in [6.07, 6.45) is 0.546. The predicted molar refractivity (Wildman–Crippen MR) is 65.9 cm³/mol. The Kier molecular flexibility index (Phi) is 3.03. The van der Waals surface area contributed by atoms with E-state index in [1.54, 1.807) is 4.90 Å². The van der Waals surface area contributed by atoms with Crippen LogP contribution in [0.3, 0.4) is 0 Å². The Morgan fingerprint density at radius 3 is 2.87 bits per heavy atom. The molecule has 1 aromatic carbocycles. The molecule has 0 spiro atoms. The predicted octanol–water partition coefficient (Wildman–Crippen LogP) is 3.15. The van der Waals surface area contributed by atoms with Gasteiger partial charge in [0.05, 0.1) is 10.7 Å². The van der Waals surface area contributed by atoms with Crippen molar-refractivity contribution < 1.29 is 4.79 Å². The number of carbonyl (C=O) groups is 1.